The van der Waals surface area contributed by atoms with Crippen molar-refractivity contribution in [2.45, 2.75) is 19.5 Å². The normalized spacial score (nSPS) is 12.8. The van der Waals surface area contributed by atoms with Gasteiger partial charge in [-0.05, 0) is 70.6 Å². The van der Waals surface area contributed by atoms with E-state index in [0.29, 0.717) is 5.69 Å². The number of aromatic nitrogens is 1. The Balaban J connectivity index is 1.19. The van der Waals surface area contributed by atoms with Gasteiger partial charge in [-0.1, -0.05) is 54.6 Å². The van der Waals surface area contributed by atoms with Crippen LogP contribution in [-0.4, -0.2) is 49.6 Å². The zero-order chi connectivity index (χ0) is 30.6. The van der Waals surface area contributed by atoms with Gasteiger partial charge in [-0.3, -0.25) is 9.69 Å². The highest BCUT2D eigenvalue weighted by atomic mass is 16.5. The van der Waals surface area contributed by atoms with Crippen LogP contribution in [0.3, 0.4) is 0 Å². The Bertz CT molecular complexity index is 1850. The molecule has 0 unspecified atom stereocenters. The van der Waals surface area contributed by atoms with Gasteiger partial charge in [0, 0.05) is 25.0 Å². The van der Waals surface area contributed by atoms with Crippen molar-refractivity contribution in [3.05, 3.63) is 119 Å². The predicted octanol–water partition coefficient (Wildman–Crippen LogP) is 6.52. The van der Waals surface area contributed by atoms with Crippen molar-refractivity contribution >= 4 is 28.5 Å². The molecule has 2 heterocycles. The van der Waals surface area contributed by atoms with Crippen LogP contribution in [0.5, 0.6) is 11.5 Å². The lowest BCUT2D eigenvalue weighted by Crippen LogP contribution is -2.30. The minimum Gasteiger partial charge on any atom is -0.493 e. The summed E-state index contributed by atoms with van der Waals surface area (Å²) in [5.74, 6) is 0.572. The summed E-state index contributed by atoms with van der Waals surface area (Å²) in [6, 6.07) is 29.0. The number of para-hydroxylation sites is 1. The Morgan fingerprint density at radius 2 is 1.55 bits per heavy atom. The second kappa shape index (κ2) is 12.6. The number of esters is 1. The second-order valence-electron chi connectivity index (χ2n) is 10.7. The molecule has 5 aromatic rings. The minimum absolute atomic E-state index is 0.257. The fourth-order valence-corrected chi connectivity index (χ4v) is 5.63. The average molecular weight is 588 g/mol. The van der Waals surface area contributed by atoms with Crippen LogP contribution in [0.1, 0.15) is 37.5 Å². The minimum atomic E-state index is -0.534. The van der Waals surface area contributed by atoms with Gasteiger partial charge in [-0.2, -0.15) is 0 Å². The van der Waals surface area contributed by atoms with Crippen molar-refractivity contribution < 1.29 is 23.8 Å². The van der Waals surface area contributed by atoms with Crippen molar-refractivity contribution in [3.8, 4) is 22.6 Å². The van der Waals surface area contributed by atoms with Crippen LogP contribution >= 0.6 is 0 Å². The Morgan fingerprint density at radius 1 is 0.818 bits per heavy atom. The van der Waals surface area contributed by atoms with Crippen LogP contribution in [-0.2, 0) is 24.2 Å². The van der Waals surface area contributed by atoms with E-state index in [2.05, 4.69) is 51.6 Å². The lowest BCUT2D eigenvalue weighted by atomic mass is 9.97. The van der Waals surface area contributed by atoms with Crippen LogP contribution in [0.2, 0.25) is 0 Å². The molecule has 222 valence electrons. The van der Waals surface area contributed by atoms with Gasteiger partial charge < -0.3 is 19.5 Å². The number of rotatable bonds is 8. The maximum absolute atomic E-state index is 13.2. The van der Waals surface area contributed by atoms with E-state index in [-0.39, 0.29) is 11.3 Å². The van der Waals surface area contributed by atoms with Crippen molar-refractivity contribution in [1.82, 2.24) is 9.88 Å². The van der Waals surface area contributed by atoms with Crippen LogP contribution in [0.4, 0.5) is 5.69 Å². The van der Waals surface area contributed by atoms with E-state index < -0.39 is 11.9 Å². The highest BCUT2D eigenvalue weighted by molar-refractivity contribution is 6.08. The Kier molecular flexibility index (Phi) is 8.25. The van der Waals surface area contributed by atoms with Gasteiger partial charge in [0.15, 0.2) is 11.5 Å². The van der Waals surface area contributed by atoms with Crippen LogP contribution < -0.4 is 14.8 Å². The third-order valence-corrected chi connectivity index (χ3v) is 7.99. The molecule has 0 fully saturated rings. The molecule has 4 aromatic carbocycles. The fourth-order valence-electron chi connectivity index (χ4n) is 5.63. The maximum atomic E-state index is 13.2. The topological polar surface area (TPSA) is 90.0 Å². The number of hydrogen-bond acceptors (Lipinski definition) is 7. The molecule has 0 radical (unpaired) electrons. The molecule has 6 rings (SSSR count). The van der Waals surface area contributed by atoms with Crippen LogP contribution in [0.25, 0.3) is 22.0 Å². The molecular weight excluding hydrogens is 554 g/mol. The summed E-state index contributed by atoms with van der Waals surface area (Å²) < 4.78 is 16.0. The molecule has 8 heteroatoms. The monoisotopic (exact) mass is 587 g/mol. The molecule has 0 spiro atoms. The van der Waals surface area contributed by atoms with Crippen LogP contribution in [0, 0.1) is 0 Å². The average Bonchev–Trinajstić information content (AvgIpc) is 3.07. The number of fused-ring (bicyclic) bond motifs is 2. The molecule has 0 atom stereocenters. The smallest absolute Gasteiger partial charge is 0.339 e. The zero-order valence-electron chi connectivity index (χ0n) is 24.9. The third kappa shape index (κ3) is 5.98. The number of anilines is 1. The van der Waals surface area contributed by atoms with Crippen molar-refractivity contribution in [2.24, 2.45) is 0 Å². The first-order valence-electron chi connectivity index (χ1n) is 14.4. The highest BCUT2D eigenvalue weighted by Gasteiger charge is 2.20. The molecule has 0 saturated heterocycles. The summed E-state index contributed by atoms with van der Waals surface area (Å²) in [5.41, 5.74) is 7.17. The summed E-state index contributed by atoms with van der Waals surface area (Å²) in [6.45, 7) is 2.60. The molecule has 0 bridgehead atoms. The van der Waals surface area contributed by atoms with Gasteiger partial charge >= 0.3 is 5.97 Å². The van der Waals surface area contributed by atoms with E-state index >= 15 is 0 Å². The molecular formula is C36H33N3O5. The molecule has 1 aromatic heterocycles. The SMILES string of the molecule is COC(=O)c1ccc(-c2ccc(CN3CCc4cc(OC)c(OC)cc4C3)cc2)cc1NC(=O)c1ccc2ccccc2n1. The van der Waals surface area contributed by atoms with E-state index in [1.807, 2.05) is 36.4 Å². The summed E-state index contributed by atoms with van der Waals surface area (Å²) in [5, 5.41) is 3.82. The van der Waals surface area contributed by atoms with Gasteiger partial charge in [0.2, 0.25) is 0 Å². The quantitative estimate of drug-likeness (QED) is 0.207. The van der Waals surface area contributed by atoms with Gasteiger partial charge in [0.1, 0.15) is 5.69 Å². The second-order valence-corrected chi connectivity index (χ2v) is 10.7. The Hall–Kier alpha value is -5.21. The summed E-state index contributed by atoms with van der Waals surface area (Å²) in [7, 11) is 4.64. The molecule has 1 amide bonds. The summed E-state index contributed by atoms with van der Waals surface area (Å²) >= 11 is 0. The molecule has 8 nitrogen and oxygen atoms in total. The van der Waals surface area contributed by atoms with Crippen molar-refractivity contribution in [1.29, 1.82) is 0 Å². The molecule has 1 aliphatic heterocycles. The van der Waals surface area contributed by atoms with Gasteiger partial charge in [0.05, 0.1) is 38.1 Å². The lowest BCUT2D eigenvalue weighted by molar-refractivity contribution is 0.0602. The van der Waals surface area contributed by atoms with E-state index in [1.165, 1.54) is 23.8 Å². The summed E-state index contributed by atoms with van der Waals surface area (Å²) in [6.07, 6.45) is 0.948. The summed E-state index contributed by atoms with van der Waals surface area (Å²) in [4.78, 5) is 32.7. The third-order valence-electron chi connectivity index (χ3n) is 7.99. The first kappa shape index (κ1) is 28.9. The van der Waals surface area contributed by atoms with E-state index in [4.69, 9.17) is 14.2 Å². The number of ether oxygens (including phenoxy) is 3. The first-order chi connectivity index (χ1) is 21.4. The standard InChI is InChI=1S/C36H33N3O5/c1-42-33-19-27-16-17-39(22-28(27)20-34(33)43-2)21-23-8-10-24(11-9-23)26-12-14-29(36(41)44-3)32(18-26)38-35(40)31-15-13-25-6-4-5-7-30(25)37-31/h4-15,18-20H,16-17,21-22H2,1-3H3,(H,38,40). The number of hydrogen-bond donors (Lipinski definition) is 1. The molecule has 44 heavy (non-hydrogen) atoms. The van der Waals surface area contributed by atoms with Gasteiger partial charge in [-0.15, -0.1) is 0 Å². The van der Waals surface area contributed by atoms with Crippen LogP contribution in [0.15, 0.2) is 91.0 Å². The van der Waals surface area contributed by atoms with Crippen molar-refractivity contribution in [2.75, 3.05) is 33.2 Å². The number of amides is 1. The molecule has 1 N–H and O–H groups in total. The molecule has 0 aliphatic carbocycles. The largest absolute Gasteiger partial charge is 0.493 e. The van der Waals surface area contributed by atoms with E-state index in [1.54, 1.807) is 32.4 Å². The first-order valence-corrected chi connectivity index (χ1v) is 14.4. The number of carbonyl (C=O) groups is 2. The number of nitrogens with zero attached hydrogens (tertiary/aromatic N) is 2. The maximum Gasteiger partial charge on any atom is 0.339 e. The highest BCUT2D eigenvalue weighted by Crippen LogP contribution is 2.34. The number of pyridine rings is 1. The lowest BCUT2D eigenvalue weighted by Gasteiger charge is -2.29. The zero-order valence-corrected chi connectivity index (χ0v) is 24.9. The number of methoxy groups -OCH3 is 3. The molecule has 1 aliphatic rings. The number of nitrogens with one attached hydrogen (secondary N) is 1. The number of benzene rings is 4. The fraction of sp³-hybridized carbons (Fsp3) is 0.194. The molecule has 0 saturated carbocycles. The Morgan fingerprint density at radius 3 is 2.30 bits per heavy atom. The van der Waals surface area contributed by atoms with E-state index in [0.717, 1.165) is 59.6 Å². The number of carbonyl (C=O) groups excluding carboxylic acids is 2. The van der Waals surface area contributed by atoms with Gasteiger partial charge in [-0.25, -0.2) is 9.78 Å². The predicted molar refractivity (Wildman–Crippen MR) is 170 cm³/mol. The Labute approximate surface area is 256 Å². The van der Waals surface area contributed by atoms with E-state index in [9.17, 15) is 9.59 Å². The van der Waals surface area contributed by atoms with Gasteiger partial charge in [0.25, 0.3) is 5.91 Å². The van der Waals surface area contributed by atoms with Crippen molar-refractivity contribution in [3.63, 3.8) is 0 Å².